The largest absolute Gasteiger partial charge is 0.461 e. The number of carbonyl (C=O) groups is 2. The molecule has 5 rings (SSSR count). The van der Waals surface area contributed by atoms with Crippen LogP contribution in [0.25, 0.3) is 22.7 Å². The second-order valence-corrected chi connectivity index (χ2v) is 11.0. The van der Waals surface area contributed by atoms with E-state index in [2.05, 4.69) is 11.9 Å². The fraction of sp³-hybridized carbons (Fsp3) is 0.375. The number of hydrogen-bond acceptors (Lipinski definition) is 8. The van der Waals surface area contributed by atoms with Crippen molar-refractivity contribution < 1.29 is 28.2 Å². The lowest BCUT2D eigenvalue weighted by Crippen LogP contribution is -2.14. The molecule has 0 saturated heterocycles. The molecule has 2 heterocycles. The Balaban J connectivity index is 1.41. The normalized spacial score (nSPS) is 17.9. The lowest BCUT2D eigenvalue weighted by Gasteiger charge is -2.14. The van der Waals surface area contributed by atoms with Crippen LogP contribution in [0.15, 0.2) is 71.3 Å². The van der Waals surface area contributed by atoms with Gasteiger partial charge < -0.3 is 18.6 Å². The van der Waals surface area contributed by atoms with Crippen LogP contribution in [0.1, 0.15) is 66.8 Å². The molecule has 2 aromatic heterocycles. The fourth-order valence-corrected chi connectivity index (χ4v) is 4.68. The Labute approximate surface area is 239 Å². The van der Waals surface area contributed by atoms with Crippen molar-refractivity contribution in [2.75, 3.05) is 19.8 Å². The van der Waals surface area contributed by atoms with Crippen molar-refractivity contribution in [1.29, 1.82) is 0 Å². The second kappa shape index (κ2) is 12.1. The highest BCUT2D eigenvalue weighted by Crippen LogP contribution is 2.57. The topological polar surface area (TPSA) is 106 Å². The molecular weight excluding hydrogens is 522 g/mol. The molecule has 0 radical (unpaired) electrons. The zero-order valence-corrected chi connectivity index (χ0v) is 23.8. The Morgan fingerprint density at radius 2 is 1.83 bits per heavy atom. The minimum Gasteiger partial charge on any atom is -0.461 e. The van der Waals surface area contributed by atoms with Crippen molar-refractivity contribution in [3.05, 3.63) is 83.9 Å². The molecule has 214 valence electrons. The summed E-state index contributed by atoms with van der Waals surface area (Å²) in [7, 11) is 0. The smallest absolute Gasteiger partial charge is 0.375 e. The molecule has 0 bridgehead atoms. The first-order chi connectivity index (χ1) is 19.8. The Morgan fingerprint density at radius 3 is 2.59 bits per heavy atom. The van der Waals surface area contributed by atoms with Gasteiger partial charge in [0.1, 0.15) is 0 Å². The second-order valence-electron chi connectivity index (χ2n) is 11.0. The van der Waals surface area contributed by atoms with Crippen molar-refractivity contribution >= 4 is 11.9 Å². The predicted octanol–water partition coefficient (Wildman–Crippen LogP) is 6.36. The molecule has 0 aliphatic heterocycles. The summed E-state index contributed by atoms with van der Waals surface area (Å²) in [5, 5.41) is 4.72. The van der Waals surface area contributed by atoms with E-state index in [1.165, 1.54) is 6.20 Å². The quantitative estimate of drug-likeness (QED) is 0.185. The molecule has 9 heteroatoms. The van der Waals surface area contributed by atoms with Gasteiger partial charge in [0.15, 0.2) is 5.69 Å². The van der Waals surface area contributed by atoms with Crippen molar-refractivity contribution in [3.63, 3.8) is 0 Å². The van der Waals surface area contributed by atoms with Gasteiger partial charge in [0.05, 0.1) is 44.4 Å². The highest BCUT2D eigenvalue weighted by molar-refractivity contribution is 5.89. The molecule has 9 nitrogen and oxygen atoms in total. The molecule has 0 N–H and O–H groups in total. The van der Waals surface area contributed by atoms with E-state index in [0.717, 1.165) is 23.2 Å². The van der Waals surface area contributed by atoms with Crippen LogP contribution in [0.3, 0.4) is 0 Å². The summed E-state index contributed by atoms with van der Waals surface area (Å²) in [4.78, 5) is 29.2. The number of oxazole rings is 1. The molecule has 4 aromatic rings. The number of esters is 2. The van der Waals surface area contributed by atoms with E-state index in [4.69, 9.17) is 23.7 Å². The molecule has 1 aliphatic carbocycles. The lowest BCUT2D eigenvalue weighted by atomic mass is 10.1. The SMILES string of the molecule is CCOC(=O)c1cnc(-c2cccc(-c3cc(C(=O)OCC(C)C)nn3C3CC3(C)COCc3ccccc3)c2)o1. The first kappa shape index (κ1) is 28.3. The standard InChI is InChI=1S/C32H35N3O6/c1-5-39-31(37)27-17-33-29(41-27)24-13-9-12-23(14-24)26-15-25(30(36)40-18-21(2)3)34-35(26)28-16-32(28,4)20-38-19-22-10-7-6-8-11-22/h6-15,17,21,28H,5,16,18-20H2,1-4H3. The lowest BCUT2D eigenvalue weighted by molar-refractivity contribution is 0.0448. The minimum atomic E-state index is -0.562. The van der Waals surface area contributed by atoms with Crippen molar-refractivity contribution in [2.45, 2.75) is 46.8 Å². The summed E-state index contributed by atoms with van der Waals surface area (Å²) in [5.74, 6) is -0.470. The number of carbonyl (C=O) groups excluding carboxylic acids is 2. The highest BCUT2D eigenvalue weighted by Gasteiger charge is 2.53. The summed E-state index contributed by atoms with van der Waals surface area (Å²) in [6, 6.07) is 19.5. The summed E-state index contributed by atoms with van der Waals surface area (Å²) in [6.45, 7) is 9.54. The minimum absolute atomic E-state index is 0.0386. The monoisotopic (exact) mass is 557 g/mol. The van der Waals surface area contributed by atoms with Gasteiger partial charge in [0, 0.05) is 16.5 Å². The maximum Gasteiger partial charge on any atom is 0.375 e. The van der Waals surface area contributed by atoms with Gasteiger partial charge in [-0.3, -0.25) is 4.68 Å². The Morgan fingerprint density at radius 1 is 1.05 bits per heavy atom. The molecule has 1 aliphatic rings. The highest BCUT2D eigenvalue weighted by atomic mass is 16.5. The third-order valence-electron chi connectivity index (χ3n) is 7.02. The van der Waals surface area contributed by atoms with Crippen LogP contribution < -0.4 is 0 Å². The number of nitrogens with zero attached hydrogens (tertiary/aromatic N) is 3. The average Bonchev–Trinajstić information content (AvgIpc) is 3.31. The van der Waals surface area contributed by atoms with E-state index in [1.807, 2.05) is 73.1 Å². The number of rotatable bonds is 12. The predicted molar refractivity (Wildman–Crippen MR) is 152 cm³/mol. The summed E-state index contributed by atoms with van der Waals surface area (Å²) in [6.07, 6.45) is 2.22. The molecule has 2 aromatic carbocycles. The molecule has 1 fully saturated rings. The molecule has 2 unspecified atom stereocenters. The van der Waals surface area contributed by atoms with E-state index in [9.17, 15) is 9.59 Å². The third-order valence-corrected chi connectivity index (χ3v) is 7.02. The zero-order chi connectivity index (χ0) is 29.0. The maximum absolute atomic E-state index is 12.9. The third kappa shape index (κ3) is 6.57. The molecule has 0 spiro atoms. The zero-order valence-electron chi connectivity index (χ0n) is 23.8. The van der Waals surface area contributed by atoms with Gasteiger partial charge in [-0.2, -0.15) is 5.10 Å². The van der Waals surface area contributed by atoms with Crippen LogP contribution in [0, 0.1) is 11.3 Å². The van der Waals surface area contributed by atoms with E-state index >= 15 is 0 Å². The number of hydrogen-bond donors (Lipinski definition) is 0. The Bertz CT molecular complexity index is 1510. The summed E-state index contributed by atoms with van der Waals surface area (Å²) < 4.78 is 24.2. The Kier molecular flexibility index (Phi) is 8.35. The van der Waals surface area contributed by atoms with Gasteiger partial charge in [0.2, 0.25) is 11.7 Å². The van der Waals surface area contributed by atoms with Crippen LogP contribution >= 0.6 is 0 Å². The van der Waals surface area contributed by atoms with Crippen LogP contribution in [0.4, 0.5) is 0 Å². The number of aromatic nitrogens is 3. The van der Waals surface area contributed by atoms with Gasteiger partial charge in [-0.15, -0.1) is 0 Å². The first-order valence-electron chi connectivity index (χ1n) is 13.9. The van der Waals surface area contributed by atoms with E-state index in [0.29, 0.717) is 31.3 Å². The summed E-state index contributed by atoms with van der Waals surface area (Å²) >= 11 is 0. The summed E-state index contributed by atoms with van der Waals surface area (Å²) in [5.41, 5.74) is 3.53. The fourth-order valence-electron chi connectivity index (χ4n) is 4.68. The van der Waals surface area contributed by atoms with Crippen LogP contribution in [-0.4, -0.2) is 46.5 Å². The van der Waals surface area contributed by atoms with Gasteiger partial charge in [-0.1, -0.05) is 63.2 Å². The molecular formula is C32H35N3O6. The maximum atomic E-state index is 12.9. The molecule has 2 atom stereocenters. The number of benzene rings is 2. The molecule has 41 heavy (non-hydrogen) atoms. The average molecular weight is 558 g/mol. The van der Waals surface area contributed by atoms with Crippen LogP contribution in [-0.2, 0) is 20.8 Å². The van der Waals surface area contributed by atoms with E-state index in [1.54, 1.807) is 13.0 Å². The van der Waals surface area contributed by atoms with Crippen LogP contribution in [0.2, 0.25) is 0 Å². The van der Waals surface area contributed by atoms with Gasteiger partial charge in [-0.05, 0) is 43.0 Å². The number of ether oxygens (including phenoxy) is 3. The van der Waals surface area contributed by atoms with E-state index < -0.39 is 11.9 Å². The van der Waals surface area contributed by atoms with Crippen molar-refractivity contribution in [1.82, 2.24) is 14.8 Å². The van der Waals surface area contributed by atoms with Crippen molar-refractivity contribution in [2.24, 2.45) is 11.3 Å². The van der Waals surface area contributed by atoms with Gasteiger partial charge >= 0.3 is 11.9 Å². The molecule has 1 saturated carbocycles. The van der Waals surface area contributed by atoms with Gasteiger partial charge in [-0.25, -0.2) is 14.6 Å². The molecule has 0 amide bonds. The Hall–Kier alpha value is -4.24. The first-order valence-corrected chi connectivity index (χ1v) is 13.9. The van der Waals surface area contributed by atoms with E-state index in [-0.39, 0.29) is 35.4 Å². The van der Waals surface area contributed by atoms with Gasteiger partial charge in [0.25, 0.3) is 0 Å². The van der Waals surface area contributed by atoms with Crippen LogP contribution in [0.5, 0.6) is 0 Å². The van der Waals surface area contributed by atoms with Crippen molar-refractivity contribution in [3.8, 4) is 22.7 Å².